The van der Waals surface area contributed by atoms with Crippen LogP contribution in [0.5, 0.6) is 11.5 Å². The van der Waals surface area contributed by atoms with Gasteiger partial charge in [-0.15, -0.1) is 0 Å². The summed E-state index contributed by atoms with van der Waals surface area (Å²) in [5.74, 6) is 1.26. The number of methoxy groups -OCH3 is 1. The molecular weight excluding hydrogens is 345 g/mol. The average molecular weight is 371 g/mol. The largest absolute Gasteiger partial charge is 0.497 e. The molecular formula is C22H26FNO3. The summed E-state index contributed by atoms with van der Waals surface area (Å²) in [5.41, 5.74) is 0.171. The van der Waals surface area contributed by atoms with Crippen LogP contribution < -0.4 is 9.47 Å². The first kappa shape index (κ1) is 19.2. The predicted molar refractivity (Wildman–Crippen MR) is 103 cm³/mol. The lowest BCUT2D eigenvalue weighted by Crippen LogP contribution is -2.45. The smallest absolute Gasteiger partial charge is 0.233 e. The van der Waals surface area contributed by atoms with E-state index in [2.05, 4.69) is 0 Å². The topological polar surface area (TPSA) is 38.8 Å². The highest BCUT2D eigenvalue weighted by molar-refractivity contribution is 5.88. The second-order valence-corrected chi connectivity index (χ2v) is 7.05. The van der Waals surface area contributed by atoms with Gasteiger partial charge < -0.3 is 14.4 Å². The SMILES string of the molecule is COc1ccc(OCCN(C)C(=O)C2(c3cccc(F)c3)CCCC2)cc1. The van der Waals surface area contributed by atoms with Crippen molar-refractivity contribution in [2.24, 2.45) is 0 Å². The van der Waals surface area contributed by atoms with Gasteiger partial charge in [0.2, 0.25) is 5.91 Å². The average Bonchev–Trinajstić information content (AvgIpc) is 3.19. The Hall–Kier alpha value is -2.56. The highest BCUT2D eigenvalue weighted by Gasteiger charge is 2.44. The highest BCUT2D eigenvalue weighted by atomic mass is 19.1. The molecule has 2 aromatic rings. The van der Waals surface area contributed by atoms with Gasteiger partial charge in [0.15, 0.2) is 0 Å². The lowest BCUT2D eigenvalue weighted by atomic mass is 9.77. The molecule has 0 N–H and O–H groups in total. The van der Waals surface area contributed by atoms with Gasteiger partial charge in [0, 0.05) is 7.05 Å². The third kappa shape index (κ3) is 4.24. The fraction of sp³-hybridized carbons (Fsp3) is 0.409. The minimum absolute atomic E-state index is 0.0453. The molecule has 1 fully saturated rings. The molecule has 144 valence electrons. The fourth-order valence-corrected chi connectivity index (χ4v) is 3.83. The van der Waals surface area contributed by atoms with Crippen molar-refractivity contribution < 1.29 is 18.7 Å². The van der Waals surface area contributed by atoms with Crippen molar-refractivity contribution in [2.45, 2.75) is 31.1 Å². The first-order valence-corrected chi connectivity index (χ1v) is 9.34. The minimum Gasteiger partial charge on any atom is -0.497 e. The Balaban J connectivity index is 1.63. The van der Waals surface area contributed by atoms with Gasteiger partial charge in [0.25, 0.3) is 0 Å². The predicted octanol–water partition coefficient (Wildman–Crippen LogP) is 4.18. The number of nitrogens with zero attached hydrogens (tertiary/aromatic N) is 1. The molecule has 1 amide bonds. The number of hydrogen-bond acceptors (Lipinski definition) is 3. The van der Waals surface area contributed by atoms with E-state index in [0.717, 1.165) is 42.7 Å². The summed E-state index contributed by atoms with van der Waals surface area (Å²) < 4.78 is 24.6. The Bertz CT molecular complexity index is 769. The summed E-state index contributed by atoms with van der Waals surface area (Å²) in [4.78, 5) is 14.9. The van der Waals surface area contributed by atoms with Gasteiger partial charge in [-0.05, 0) is 54.8 Å². The van der Waals surface area contributed by atoms with Crippen LogP contribution in [0.25, 0.3) is 0 Å². The van der Waals surface area contributed by atoms with E-state index >= 15 is 0 Å². The molecule has 0 unspecified atom stereocenters. The number of halogens is 1. The molecule has 0 spiro atoms. The Morgan fingerprint density at radius 1 is 1.11 bits per heavy atom. The van der Waals surface area contributed by atoms with Crippen LogP contribution in [-0.4, -0.2) is 38.1 Å². The van der Waals surface area contributed by atoms with Gasteiger partial charge in [0.05, 0.1) is 19.1 Å². The number of amides is 1. The molecule has 1 aliphatic rings. The first-order chi connectivity index (χ1) is 13.0. The summed E-state index contributed by atoms with van der Waals surface area (Å²) in [6.07, 6.45) is 3.49. The van der Waals surface area contributed by atoms with Crippen LogP contribution in [0.15, 0.2) is 48.5 Å². The number of carbonyl (C=O) groups excluding carboxylic acids is 1. The molecule has 5 heteroatoms. The van der Waals surface area contributed by atoms with Crippen LogP contribution in [0.1, 0.15) is 31.2 Å². The molecule has 2 aromatic carbocycles. The van der Waals surface area contributed by atoms with Gasteiger partial charge in [-0.2, -0.15) is 0 Å². The van der Waals surface area contributed by atoms with E-state index in [-0.39, 0.29) is 11.7 Å². The number of hydrogen-bond donors (Lipinski definition) is 0. The van der Waals surface area contributed by atoms with Crippen molar-refractivity contribution in [2.75, 3.05) is 27.3 Å². The van der Waals surface area contributed by atoms with E-state index < -0.39 is 5.41 Å². The summed E-state index contributed by atoms with van der Waals surface area (Å²) in [7, 11) is 3.41. The van der Waals surface area contributed by atoms with Crippen LogP contribution in [0.3, 0.4) is 0 Å². The fourth-order valence-electron chi connectivity index (χ4n) is 3.83. The maximum atomic E-state index is 13.7. The number of benzene rings is 2. The van der Waals surface area contributed by atoms with Crippen molar-refractivity contribution in [3.8, 4) is 11.5 Å². The molecule has 1 aliphatic carbocycles. The van der Waals surface area contributed by atoms with E-state index in [9.17, 15) is 9.18 Å². The van der Waals surface area contributed by atoms with Crippen molar-refractivity contribution in [3.05, 3.63) is 59.9 Å². The Morgan fingerprint density at radius 2 is 1.78 bits per heavy atom. The maximum absolute atomic E-state index is 13.7. The normalized spacial score (nSPS) is 15.4. The summed E-state index contributed by atoms with van der Waals surface area (Å²) in [6.45, 7) is 0.871. The Kier molecular flexibility index (Phi) is 5.99. The molecule has 27 heavy (non-hydrogen) atoms. The molecule has 0 atom stereocenters. The van der Waals surface area contributed by atoms with E-state index in [0.29, 0.717) is 13.2 Å². The third-order valence-electron chi connectivity index (χ3n) is 5.35. The standard InChI is InChI=1S/C22H26FNO3/c1-24(14-15-27-20-10-8-19(26-2)9-11-20)21(25)22(12-3-4-13-22)17-6-5-7-18(23)16-17/h5-11,16H,3-4,12-15H2,1-2H3. The minimum atomic E-state index is -0.614. The van der Waals surface area contributed by atoms with Gasteiger partial charge in [-0.1, -0.05) is 25.0 Å². The highest BCUT2D eigenvalue weighted by Crippen LogP contribution is 2.42. The monoisotopic (exact) mass is 371 g/mol. The second-order valence-electron chi connectivity index (χ2n) is 7.05. The molecule has 1 saturated carbocycles. The zero-order valence-corrected chi connectivity index (χ0v) is 15.9. The molecule has 0 saturated heterocycles. The lowest BCUT2D eigenvalue weighted by Gasteiger charge is -2.33. The number of likely N-dealkylation sites (N-methyl/N-ethyl adjacent to an activating group) is 1. The summed E-state index contributed by atoms with van der Waals surface area (Å²) >= 11 is 0. The number of carbonyl (C=O) groups is 1. The van der Waals surface area contributed by atoms with Crippen molar-refractivity contribution in [1.29, 1.82) is 0 Å². The van der Waals surface area contributed by atoms with Crippen LogP contribution in [0.2, 0.25) is 0 Å². The molecule has 0 aromatic heterocycles. The van der Waals surface area contributed by atoms with Crippen molar-refractivity contribution in [1.82, 2.24) is 4.90 Å². The van der Waals surface area contributed by atoms with Crippen molar-refractivity contribution >= 4 is 5.91 Å². The van der Waals surface area contributed by atoms with Crippen molar-refractivity contribution in [3.63, 3.8) is 0 Å². The number of ether oxygens (including phenoxy) is 2. The Labute approximate surface area is 159 Å². The van der Waals surface area contributed by atoms with Crippen LogP contribution >= 0.6 is 0 Å². The van der Waals surface area contributed by atoms with Crippen LogP contribution in [-0.2, 0) is 10.2 Å². The molecule has 0 radical (unpaired) electrons. The zero-order chi connectivity index (χ0) is 19.3. The van der Waals surface area contributed by atoms with Crippen LogP contribution in [0, 0.1) is 5.82 Å². The third-order valence-corrected chi connectivity index (χ3v) is 5.35. The molecule has 3 rings (SSSR count). The van der Waals surface area contributed by atoms with E-state index in [4.69, 9.17) is 9.47 Å². The van der Waals surface area contributed by atoms with E-state index in [1.54, 1.807) is 25.1 Å². The second kappa shape index (κ2) is 8.42. The van der Waals surface area contributed by atoms with E-state index in [1.807, 2.05) is 30.3 Å². The molecule has 0 bridgehead atoms. The number of rotatable bonds is 7. The summed E-state index contributed by atoms with van der Waals surface area (Å²) in [5, 5.41) is 0. The van der Waals surface area contributed by atoms with Crippen LogP contribution in [0.4, 0.5) is 4.39 Å². The Morgan fingerprint density at radius 3 is 2.41 bits per heavy atom. The van der Waals surface area contributed by atoms with E-state index in [1.165, 1.54) is 12.1 Å². The van der Waals surface area contributed by atoms with Gasteiger partial charge in [-0.3, -0.25) is 4.79 Å². The first-order valence-electron chi connectivity index (χ1n) is 9.34. The van der Waals surface area contributed by atoms with Gasteiger partial charge >= 0.3 is 0 Å². The molecule has 0 heterocycles. The lowest BCUT2D eigenvalue weighted by molar-refractivity contribution is -0.136. The zero-order valence-electron chi connectivity index (χ0n) is 15.9. The van der Waals surface area contributed by atoms with Gasteiger partial charge in [0.1, 0.15) is 23.9 Å². The molecule has 0 aliphatic heterocycles. The van der Waals surface area contributed by atoms with Gasteiger partial charge in [-0.25, -0.2) is 4.39 Å². The quantitative estimate of drug-likeness (QED) is 0.733. The maximum Gasteiger partial charge on any atom is 0.233 e. The molecule has 4 nitrogen and oxygen atoms in total. The summed E-state index contributed by atoms with van der Waals surface area (Å²) in [6, 6.07) is 13.8.